The van der Waals surface area contributed by atoms with E-state index in [-0.39, 0.29) is 0 Å². The number of hydrogen-bond acceptors (Lipinski definition) is 2. The van der Waals surface area contributed by atoms with Gasteiger partial charge in [-0.3, -0.25) is 0 Å². The van der Waals surface area contributed by atoms with Crippen LogP contribution in [0.5, 0.6) is 5.88 Å². The van der Waals surface area contributed by atoms with E-state index in [1.54, 1.807) is 6.20 Å². The molecule has 0 amide bonds. The summed E-state index contributed by atoms with van der Waals surface area (Å²) in [7, 11) is 2.05. The molecule has 0 aliphatic carbocycles. The topological polar surface area (TPSA) is 27.1 Å². The number of rotatable bonds is 2. The van der Waals surface area contributed by atoms with E-state index >= 15 is 0 Å². The molecule has 0 aliphatic heterocycles. The summed E-state index contributed by atoms with van der Waals surface area (Å²) in [5, 5.41) is 1.09. The molecule has 0 aliphatic rings. The number of ether oxygens (including phenoxy) is 1. The van der Waals surface area contributed by atoms with Crippen LogP contribution in [0.2, 0.25) is 0 Å². The Labute approximate surface area is 83.3 Å². The first kappa shape index (κ1) is 9.06. The predicted molar refractivity (Wildman–Crippen MR) is 56.6 cm³/mol. The Hall–Kier alpha value is -1.51. The maximum absolute atomic E-state index is 5.46. The second-order valence-electron chi connectivity index (χ2n) is 3.33. The maximum atomic E-state index is 5.46. The molecule has 14 heavy (non-hydrogen) atoms. The highest BCUT2D eigenvalue weighted by Gasteiger charge is 2.07. The van der Waals surface area contributed by atoms with Gasteiger partial charge >= 0.3 is 0 Å². The molecule has 0 radical (unpaired) electrons. The Bertz CT molecular complexity index is 460. The van der Waals surface area contributed by atoms with Crippen LogP contribution in [0.4, 0.5) is 0 Å². The first-order valence-electron chi connectivity index (χ1n) is 4.78. The lowest BCUT2D eigenvalue weighted by molar-refractivity contribution is 0.331. The molecule has 0 unspecified atom stereocenters. The number of pyridine rings is 1. The minimum atomic E-state index is 0.653. The van der Waals surface area contributed by atoms with Crippen molar-refractivity contribution in [1.29, 1.82) is 0 Å². The molecule has 0 spiro atoms. The van der Waals surface area contributed by atoms with Gasteiger partial charge in [0.05, 0.1) is 17.5 Å². The molecule has 3 heteroatoms. The lowest BCUT2D eigenvalue weighted by Crippen LogP contribution is -1.95. The third kappa shape index (κ3) is 1.25. The maximum Gasteiger partial charge on any atom is 0.222 e. The van der Waals surface area contributed by atoms with Crippen molar-refractivity contribution in [3.05, 3.63) is 24.0 Å². The zero-order valence-electron chi connectivity index (χ0n) is 8.74. The molecule has 0 aromatic carbocycles. The number of aromatic nitrogens is 2. The molecular formula is C11H14N2O. The van der Waals surface area contributed by atoms with Gasteiger partial charge in [-0.05, 0) is 26.0 Å². The summed E-state index contributed by atoms with van der Waals surface area (Å²) in [6.45, 7) is 4.70. The van der Waals surface area contributed by atoms with E-state index in [1.165, 1.54) is 11.2 Å². The molecular weight excluding hydrogens is 176 g/mol. The van der Waals surface area contributed by atoms with E-state index in [0.29, 0.717) is 6.61 Å². The first-order chi connectivity index (χ1) is 6.74. The van der Waals surface area contributed by atoms with Crippen molar-refractivity contribution in [2.75, 3.05) is 6.61 Å². The van der Waals surface area contributed by atoms with Gasteiger partial charge in [0.1, 0.15) is 0 Å². The number of hydrogen-bond donors (Lipinski definition) is 0. The van der Waals surface area contributed by atoms with Gasteiger partial charge in [-0.15, -0.1) is 0 Å². The molecule has 0 atom stereocenters. The number of aryl methyl sites for hydroxylation is 2. The van der Waals surface area contributed by atoms with Crippen LogP contribution >= 0.6 is 0 Å². The Balaban J connectivity index is 2.68. The van der Waals surface area contributed by atoms with Gasteiger partial charge in [0, 0.05) is 18.9 Å². The average Bonchev–Trinajstić information content (AvgIpc) is 2.46. The Morgan fingerprint density at radius 2 is 2.29 bits per heavy atom. The zero-order chi connectivity index (χ0) is 10.1. The van der Waals surface area contributed by atoms with E-state index in [1.807, 2.05) is 20.0 Å². The lowest BCUT2D eigenvalue weighted by Gasteiger charge is -2.03. The molecule has 2 heterocycles. The minimum absolute atomic E-state index is 0.653. The highest BCUT2D eigenvalue weighted by molar-refractivity contribution is 5.85. The Morgan fingerprint density at radius 1 is 1.50 bits per heavy atom. The Morgan fingerprint density at radius 3 is 3.00 bits per heavy atom. The summed E-state index contributed by atoms with van der Waals surface area (Å²) in [5.74, 6) is 0.730. The quantitative estimate of drug-likeness (QED) is 0.726. The molecule has 0 saturated heterocycles. The van der Waals surface area contributed by atoms with Crippen molar-refractivity contribution in [1.82, 2.24) is 9.55 Å². The lowest BCUT2D eigenvalue weighted by atomic mass is 10.3. The van der Waals surface area contributed by atoms with Crippen molar-refractivity contribution in [3.8, 4) is 5.88 Å². The molecule has 0 fully saturated rings. The van der Waals surface area contributed by atoms with Crippen LogP contribution in [0.1, 0.15) is 12.6 Å². The Kier molecular flexibility index (Phi) is 2.15. The summed E-state index contributed by atoms with van der Waals surface area (Å²) < 4.78 is 7.60. The minimum Gasteiger partial charge on any atom is -0.477 e. The third-order valence-corrected chi connectivity index (χ3v) is 2.46. The van der Waals surface area contributed by atoms with Crippen molar-refractivity contribution >= 4 is 10.9 Å². The summed E-state index contributed by atoms with van der Waals surface area (Å²) in [6.07, 6.45) is 1.78. The summed E-state index contributed by atoms with van der Waals surface area (Å²) in [5.41, 5.74) is 2.38. The van der Waals surface area contributed by atoms with Gasteiger partial charge in [0.15, 0.2) is 0 Å². The fourth-order valence-electron chi connectivity index (χ4n) is 1.62. The van der Waals surface area contributed by atoms with Crippen LogP contribution < -0.4 is 4.74 Å². The standard InChI is InChI=1S/C11H14N2O/c1-4-14-11-9-7-8(2)13(3)10(9)5-6-12-11/h5-7H,4H2,1-3H3. The van der Waals surface area contributed by atoms with Crippen LogP contribution in [-0.2, 0) is 7.05 Å². The molecule has 2 aromatic heterocycles. The molecule has 74 valence electrons. The van der Waals surface area contributed by atoms with Gasteiger partial charge < -0.3 is 9.30 Å². The molecule has 0 saturated carbocycles. The summed E-state index contributed by atoms with van der Waals surface area (Å²) >= 11 is 0. The average molecular weight is 190 g/mol. The first-order valence-corrected chi connectivity index (χ1v) is 4.78. The summed E-state index contributed by atoms with van der Waals surface area (Å²) in [6, 6.07) is 4.11. The van der Waals surface area contributed by atoms with Gasteiger partial charge in [-0.25, -0.2) is 4.98 Å². The van der Waals surface area contributed by atoms with Crippen molar-refractivity contribution < 1.29 is 4.74 Å². The highest BCUT2D eigenvalue weighted by Crippen LogP contribution is 2.25. The summed E-state index contributed by atoms with van der Waals surface area (Å²) in [4.78, 5) is 4.22. The van der Waals surface area contributed by atoms with E-state index in [2.05, 4.69) is 22.5 Å². The molecule has 3 nitrogen and oxygen atoms in total. The van der Waals surface area contributed by atoms with Crippen molar-refractivity contribution in [3.63, 3.8) is 0 Å². The molecule has 2 rings (SSSR count). The van der Waals surface area contributed by atoms with Crippen LogP contribution in [0, 0.1) is 6.92 Å². The largest absolute Gasteiger partial charge is 0.477 e. The van der Waals surface area contributed by atoms with Crippen LogP contribution in [0.3, 0.4) is 0 Å². The highest BCUT2D eigenvalue weighted by atomic mass is 16.5. The number of nitrogens with zero attached hydrogens (tertiary/aromatic N) is 2. The predicted octanol–water partition coefficient (Wildman–Crippen LogP) is 2.28. The van der Waals surface area contributed by atoms with Gasteiger partial charge in [0.25, 0.3) is 0 Å². The smallest absolute Gasteiger partial charge is 0.222 e. The van der Waals surface area contributed by atoms with E-state index in [4.69, 9.17) is 4.74 Å². The van der Waals surface area contributed by atoms with Gasteiger partial charge in [-0.2, -0.15) is 0 Å². The van der Waals surface area contributed by atoms with Gasteiger partial charge in [0.2, 0.25) is 5.88 Å². The van der Waals surface area contributed by atoms with Crippen LogP contribution in [0.15, 0.2) is 18.3 Å². The SMILES string of the molecule is CCOc1nccc2c1cc(C)n2C. The van der Waals surface area contributed by atoms with E-state index in [9.17, 15) is 0 Å². The zero-order valence-corrected chi connectivity index (χ0v) is 8.74. The van der Waals surface area contributed by atoms with Gasteiger partial charge in [-0.1, -0.05) is 0 Å². The van der Waals surface area contributed by atoms with E-state index in [0.717, 1.165) is 11.3 Å². The fraction of sp³-hybridized carbons (Fsp3) is 0.364. The third-order valence-electron chi connectivity index (χ3n) is 2.46. The monoisotopic (exact) mass is 190 g/mol. The molecule has 2 aromatic rings. The second-order valence-corrected chi connectivity index (χ2v) is 3.33. The second kappa shape index (κ2) is 3.33. The van der Waals surface area contributed by atoms with E-state index < -0.39 is 0 Å². The molecule has 0 N–H and O–H groups in total. The van der Waals surface area contributed by atoms with Crippen LogP contribution in [-0.4, -0.2) is 16.2 Å². The molecule has 0 bridgehead atoms. The number of fused-ring (bicyclic) bond motifs is 1. The normalized spacial score (nSPS) is 10.8. The van der Waals surface area contributed by atoms with Crippen molar-refractivity contribution in [2.24, 2.45) is 7.05 Å². The van der Waals surface area contributed by atoms with Crippen LogP contribution in [0.25, 0.3) is 10.9 Å². The van der Waals surface area contributed by atoms with Crippen molar-refractivity contribution in [2.45, 2.75) is 13.8 Å². The fourth-order valence-corrected chi connectivity index (χ4v) is 1.62.